The molecule has 1 rings (SSSR count). The zero-order valence-corrected chi connectivity index (χ0v) is 9.12. The molecule has 0 aromatic heterocycles. The van der Waals surface area contributed by atoms with E-state index in [1.165, 1.54) is 0 Å². The first kappa shape index (κ1) is 11.2. The molecule has 1 fully saturated rings. The molecular formula is C11H20N2O. The monoisotopic (exact) mass is 196 g/mol. The van der Waals surface area contributed by atoms with Gasteiger partial charge in [0.2, 0.25) is 5.91 Å². The van der Waals surface area contributed by atoms with Gasteiger partial charge in [0.05, 0.1) is 0 Å². The minimum absolute atomic E-state index is 0.183. The Kier molecular flexibility index (Phi) is 4.14. The smallest absolute Gasteiger partial charge is 0.249 e. The van der Waals surface area contributed by atoms with Crippen molar-refractivity contribution in [3.05, 3.63) is 11.6 Å². The number of nitrogens with two attached hydrogens (primary N) is 1. The van der Waals surface area contributed by atoms with Gasteiger partial charge in [-0.05, 0) is 32.2 Å². The van der Waals surface area contributed by atoms with Crippen LogP contribution in [0.1, 0.15) is 26.7 Å². The summed E-state index contributed by atoms with van der Waals surface area (Å²) in [5.41, 5.74) is 6.44. The molecule has 1 aliphatic heterocycles. The van der Waals surface area contributed by atoms with Crippen molar-refractivity contribution in [3.63, 3.8) is 0 Å². The zero-order valence-electron chi connectivity index (χ0n) is 9.12. The van der Waals surface area contributed by atoms with E-state index >= 15 is 0 Å². The Hall–Kier alpha value is -0.830. The Labute approximate surface area is 86.0 Å². The van der Waals surface area contributed by atoms with Gasteiger partial charge in [0.15, 0.2) is 0 Å². The third-order valence-electron chi connectivity index (χ3n) is 2.75. The fourth-order valence-corrected chi connectivity index (χ4v) is 1.85. The molecule has 0 saturated carbocycles. The van der Waals surface area contributed by atoms with Gasteiger partial charge in [-0.15, -0.1) is 0 Å². The molecule has 2 N–H and O–H groups in total. The van der Waals surface area contributed by atoms with Crippen molar-refractivity contribution in [2.45, 2.75) is 26.7 Å². The Morgan fingerprint density at radius 3 is 2.86 bits per heavy atom. The van der Waals surface area contributed by atoms with Crippen LogP contribution in [0.2, 0.25) is 0 Å². The van der Waals surface area contributed by atoms with Gasteiger partial charge in [0.1, 0.15) is 0 Å². The molecule has 0 radical (unpaired) electrons. The maximum absolute atomic E-state index is 11.8. The van der Waals surface area contributed by atoms with Crippen LogP contribution in [-0.2, 0) is 4.79 Å². The Morgan fingerprint density at radius 2 is 2.36 bits per heavy atom. The number of nitrogens with zero attached hydrogens (tertiary/aromatic N) is 1. The van der Waals surface area contributed by atoms with Crippen LogP contribution in [0.5, 0.6) is 0 Å². The molecule has 0 bridgehead atoms. The van der Waals surface area contributed by atoms with Gasteiger partial charge in [-0.25, -0.2) is 0 Å². The zero-order chi connectivity index (χ0) is 10.6. The van der Waals surface area contributed by atoms with Crippen molar-refractivity contribution in [3.8, 4) is 0 Å². The molecular weight excluding hydrogens is 176 g/mol. The first-order valence-electron chi connectivity index (χ1n) is 5.35. The lowest BCUT2D eigenvalue weighted by molar-refractivity contribution is -0.126. The Balaban J connectivity index is 2.51. The highest BCUT2D eigenvalue weighted by atomic mass is 16.2. The molecule has 3 nitrogen and oxygen atoms in total. The molecule has 1 amide bonds. The van der Waals surface area contributed by atoms with Gasteiger partial charge in [-0.2, -0.15) is 0 Å². The van der Waals surface area contributed by atoms with E-state index in [-0.39, 0.29) is 5.91 Å². The van der Waals surface area contributed by atoms with E-state index < -0.39 is 0 Å². The minimum atomic E-state index is 0.183. The van der Waals surface area contributed by atoms with Crippen LogP contribution in [0, 0.1) is 5.92 Å². The van der Waals surface area contributed by atoms with Crippen molar-refractivity contribution in [2.75, 3.05) is 19.6 Å². The fourth-order valence-electron chi connectivity index (χ4n) is 1.85. The Morgan fingerprint density at radius 1 is 1.64 bits per heavy atom. The predicted octanol–water partition coefficient (Wildman–Crippen LogP) is 1.15. The maximum atomic E-state index is 11.8. The van der Waals surface area contributed by atoms with Gasteiger partial charge in [-0.1, -0.05) is 13.0 Å². The van der Waals surface area contributed by atoms with E-state index in [4.69, 9.17) is 5.73 Å². The number of rotatable bonds is 3. The lowest BCUT2D eigenvalue weighted by Gasteiger charge is -2.16. The summed E-state index contributed by atoms with van der Waals surface area (Å²) in [6.07, 6.45) is 3.96. The van der Waals surface area contributed by atoms with Crippen molar-refractivity contribution in [1.29, 1.82) is 0 Å². The average molecular weight is 196 g/mol. The maximum Gasteiger partial charge on any atom is 0.249 e. The minimum Gasteiger partial charge on any atom is -0.339 e. The molecule has 80 valence electrons. The van der Waals surface area contributed by atoms with E-state index in [9.17, 15) is 4.79 Å². The van der Waals surface area contributed by atoms with Crippen LogP contribution in [0.25, 0.3) is 0 Å². The summed E-state index contributed by atoms with van der Waals surface area (Å²) in [6, 6.07) is 0. The first-order valence-corrected chi connectivity index (χ1v) is 5.35. The van der Waals surface area contributed by atoms with Gasteiger partial charge >= 0.3 is 0 Å². The molecule has 1 atom stereocenters. The number of carbonyl (C=O) groups excluding carboxylic acids is 1. The number of likely N-dealkylation sites (tertiary alicyclic amines) is 1. The largest absolute Gasteiger partial charge is 0.339 e. The van der Waals surface area contributed by atoms with Gasteiger partial charge in [0.25, 0.3) is 0 Å². The first-order chi connectivity index (χ1) is 6.69. The highest BCUT2D eigenvalue weighted by Gasteiger charge is 2.25. The van der Waals surface area contributed by atoms with Crippen molar-refractivity contribution in [2.24, 2.45) is 11.7 Å². The number of hydrogen-bond acceptors (Lipinski definition) is 2. The molecule has 3 heteroatoms. The molecule has 1 aliphatic rings. The summed E-state index contributed by atoms with van der Waals surface area (Å²) in [5, 5.41) is 0. The van der Waals surface area contributed by atoms with Crippen LogP contribution in [-0.4, -0.2) is 30.4 Å². The third kappa shape index (κ3) is 2.58. The SMILES string of the molecule is CCC=C(C)C(=O)N1CCC(CN)C1. The topological polar surface area (TPSA) is 46.3 Å². The standard InChI is InChI=1S/C11H20N2O/c1-3-4-9(2)11(14)13-6-5-10(7-12)8-13/h4,10H,3,5-8,12H2,1-2H3. The number of hydrogen-bond donors (Lipinski definition) is 1. The summed E-state index contributed by atoms with van der Waals surface area (Å²) in [6.45, 7) is 6.34. The lowest BCUT2D eigenvalue weighted by atomic mass is 10.1. The lowest BCUT2D eigenvalue weighted by Crippen LogP contribution is -2.30. The van der Waals surface area contributed by atoms with Crippen LogP contribution >= 0.6 is 0 Å². The molecule has 0 aliphatic carbocycles. The molecule has 1 heterocycles. The molecule has 1 saturated heterocycles. The van der Waals surface area contributed by atoms with E-state index in [0.717, 1.165) is 31.5 Å². The van der Waals surface area contributed by atoms with Gasteiger partial charge < -0.3 is 10.6 Å². The predicted molar refractivity (Wildman–Crippen MR) is 57.8 cm³/mol. The van der Waals surface area contributed by atoms with Crippen LogP contribution in [0.3, 0.4) is 0 Å². The average Bonchev–Trinajstić information content (AvgIpc) is 2.65. The summed E-state index contributed by atoms with van der Waals surface area (Å²) < 4.78 is 0. The van der Waals surface area contributed by atoms with Crippen LogP contribution < -0.4 is 5.73 Å². The van der Waals surface area contributed by atoms with Gasteiger partial charge in [0, 0.05) is 18.7 Å². The fraction of sp³-hybridized carbons (Fsp3) is 0.727. The summed E-state index contributed by atoms with van der Waals surface area (Å²) in [4.78, 5) is 13.7. The molecule has 0 spiro atoms. The van der Waals surface area contributed by atoms with Crippen molar-refractivity contribution < 1.29 is 4.79 Å². The van der Waals surface area contributed by atoms with E-state index in [0.29, 0.717) is 12.5 Å². The van der Waals surface area contributed by atoms with Crippen molar-refractivity contribution >= 4 is 5.91 Å². The second-order valence-corrected chi connectivity index (χ2v) is 3.94. The van der Waals surface area contributed by atoms with Gasteiger partial charge in [-0.3, -0.25) is 4.79 Å². The molecule has 1 unspecified atom stereocenters. The normalized spacial score (nSPS) is 22.9. The van der Waals surface area contributed by atoms with E-state index in [1.54, 1.807) is 0 Å². The third-order valence-corrected chi connectivity index (χ3v) is 2.75. The van der Waals surface area contributed by atoms with E-state index in [2.05, 4.69) is 0 Å². The summed E-state index contributed by atoms with van der Waals surface area (Å²) in [7, 11) is 0. The molecule has 0 aromatic rings. The number of carbonyl (C=O) groups is 1. The molecule has 14 heavy (non-hydrogen) atoms. The van der Waals surface area contributed by atoms with E-state index in [1.807, 2.05) is 24.8 Å². The number of allylic oxidation sites excluding steroid dienone is 1. The second kappa shape index (κ2) is 5.15. The van der Waals surface area contributed by atoms with Crippen LogP contribution in [0.15, 0.2) is 11.6 Å². The number of amides is 1. The summed E-state index contributed by atoms with van der Waals surface area (Å²) >= 11 is 0. The Bertz CT molecular complexity index is 235. The van der Waals surface area contributed by atoms with Crippen LogP contribution in [0.4, 0.5) is 0 Å². The molecule has 0 aromatic carbocycles. The van der Waals surface area contributed by atoms with Crippen molar-refractivity contribution in [1.82, 2.24) is 4.90 Å². The summed E-state index contributed by atoms with van der Waals surface area (Å²) in [5.74, 6) is 0.691. The quantitative estimate of drug-likeness (QED) is 0.688. The highest BCUT2D eigenvalue weighted by Crippen LogP contribution is 2.17. The highest BCUT2D eigenvalue weighted by molar-refractivity contribution is 5.92. The second-order valence-electron chi connectivity index (χ2n) is 3.94.